The maximum Gasteiger partial charge on any atom is 0.460 e. The van der Waals surface area contributed by atoms with Gasteiger partial charge < -0.3 is 5.32 Å². The third kappa shape index (κ3) is 2.30. The van der Waals surface area contributed by atoms with Gasteiger partial charge in [-0.05, 0) is 19.9 Å². The molecule has 0 fully saturated rings. The summed E-state index contributed by atoms with van der Waals surface area (Å²) >= 11 is 0. The largest absolute Gasteiger partial charge is 0.460 e. The molecule has 0 bridgehead atoms. The first-order valence-corrected chi connectivity index (χ1v) is 4.68. The molecule has 0 aromatic carbocycles. The predicted octanol–water partition coefficient (Wildman–Crippen LogP) is 3.11. The number of nitrogens with zero attached hydrogens (tertiary/aromatic N) is 1. The summed E-state index contributed by atoms with van der Waals surface area (Å²) < 4.78 is 87.9. The van der Waals surface area contributed by atoms with Gasteiger partial charge in [0.2, 0.25) is 0 Å². The van der Waals surface area contributed by atoms with Crippen molar-refractivity contribution in [2.24, 2.45) is 4.99 Å². The highest BCUT2D eigenvalue weighted by molar-refractivity contribution is 5.74. The van der Waals surface area contributed by atoms with E-state index in [1.165, 1.54) is 13.8 Å². The van der Waals surface area contributed by atoms with E-state index in [-0.39, 0.29) is 0 Å². The maximum atomic E-state index is 13.3. The SMILES string of the molecule is CC1(C)N=CC=C(C(F)(F)C(F)(F)C(F)(F)F)N1. The molecule has 1 rings (SSSR count). The molecule has 104 valence electrons. The van der Waals surface area contributed by atoms with Crippen LogP contribution >= 0.6 is 0 Å². The molecule has 0 unspecified atom stereocenters. The number of aliphatic imine (C=N–C) groups is 1. The number of rotatable bonds is 2. The summed E-state index contributed by atoms with van der Waals surface area (Å²) in [5.41, 5.74) is -2.90. The number of allylic oxidation sites excluding steroid dienone is 2. The van der Waals surface area contributed by atoms with Crippen LogP contribution in [0.4, 0.5) is 30.7 Å². The summed E-state index contributed by atoms with van der Waals surface area (Å²) in [5.74, 6) is -11.6. The van der Waals surface area contributed by atoms with Crippen LogP contribution in [0.5, 0.6) is 0 Å². The Morgan fingerprint density at radius 3 is 1.94 bits per heavy atom. The Morgan fingerprint density at radius 2 is 1.56 bits per heavy atom. The van der Waals surface area contributed by atoms with Gasteiger partial charge in [-0.15, -0.1) is 0 Å². The summed E-state index contributed by atoms with van der Waals surface area (Å²) in [6, 6.07) is 0. The van der Waals surface area contributed by atoms with Gasteiger partial charge in [0, 0.05) is 6.21 Å². The maximum absolute atomic E-state index is 13.3. The normalized spacial score (nSPS) is 20.4. The van der Waals surface area contributed by atoms with Crippen molar-refractivity contribution in [3.63, 3.8) is 0 Å². The molecule has 9 heteroatoms. The fourth-order valence-electron chi connectivity index (χ4n) is 1.23. The van der Waals surface area contributed by atoms with Gasteiger partial charge in [0.1, 0.15) is 5.66 Å². The lowest BCUT2D eigenvalue weighted by Crippen LogP contribution is -2.57. The van der Waals surface area contributed by atoms with Crippen molar-refractivity contribution in [2.75, 3.05) is 0 Å². The van der Waals surface area contributed by atoms with E-state index in [2.05, 4.69) is 4.99 Å². The zero-order chi connectivity index (χ0) is 14.4. The zero-order valence-corrected chi connectivity index (χ0v) is 9.25. The van der Waals surface area contributed by atoms with E-state index in [4.69, 9.17) is 0 Å². The van der Waals surface area contributed by atoms with Crippen molar-refractivity contribution in [1.82, 2.24) is 5.32 Å². The molecule has 18 heavy (non-hydrogen) atoms. The molecule has 0 radical (unpaired) electrons. The van der Waals surface area contributed by atoms with Crippen LogP contribution < -0.4 is 5.32 Å². The van der Waals surface area contributed by atoms with Gasteiger partial charge in [0.05, 0.1) is 5.70 Å². The second kappa shape index (κ2) is 3.86. The smallest absolute Gasteiger partial charge is 0.360 e. The average molecular weight is 278 g/mol. The van der Waals surface area contributed by atoms with E-state index in [9.17, 15) is 30.7 Å². The first-order valence-electron chi connectivity index (χ1n) is 4.68. The zero-order valence-electron chi connectivity index (χ0n) is 9.25. The van der Waals surface area contributed by atoms with Crippen molar-refractivity contribution in [3.05, 3.63) is 11.8 Å². The third-order valence-corrected chi connectivity index (χ3v) is 2.17. The Bertz CT molecular complexity index is 392. The van der Waals surface area contributed by atoms with Gasteiger partial charge in [-0.2, -0.15) is 30.7 Å². The van der Waals surface area contributed by atoms with Crippen LogP contribution in [0.15, 0.2) is 16.8 Å². The minimum atomic E-state index is -6.35. The molecule has 2 nitrogen and oxygen atoms in total. The monoisotopic (exact) mass is 278 g/mol. The quantitative estimate of drug-likeness (QED) is 0.771. The van der Waals surface area contributed by atoms with Gasteiger partial charge in [0.15, 0.2) is 0 Å². The van der Waals surface area contributed by atoms with Gasteiger partial charge in [-0.25, -0.2) is 0 Å². The van der Waals surface area contributed by atoms with Crippen LogP contribution in [-0.4, -0.2) is 29.9 Å². The van der Waals surface area contributed by atoms with Crippen LogP contribution in [0.1, 0.15) is 13.8 Å². The molecule has 0 atom stereocenters. The van der Waals surface area contributed by atoms with Gasteiger partial charge in [-0.1, -0.05) is 0 Å². The molecular formula is C9H9F7N2. The number of hydrogen-bond donors (Lipinski definition) is 1. The van der Waals surface area contributed by atoms with Crippen LogP contribution in [0.2, 0.25) is 0 Å². The standard InChI is InChI=1S/C9H9F7N2/c1-6(2)17-4-3-5(18-6)7(10,11)8(12,13)9(14,15)16/h3-4,18H,1-2H3. The lowest BCUT2D eigenvalue weighted by molar-refractivity contribution is -0.345. The second-order valence-electron chi connectivity index (χ2n) is 4.19. The lowest BCUT2D eigenvalue weighted by Gasteiger charge is -2.35. The first kappa shape index (κ1) is 14.8. The van der Waals surface area contributed by atoms with Crippen LogP contribution in [0, 0.1) is 0 Å². The summed E-state index contributed by atoms with van der Waals surface area (Å²) in [6.45, 7) is 2.50. The molecule has 0 aliphatic carbocycles. The van der Waals surface area contributed by atoms with Crippen molar-refractivity contribution in [1.29, 1.82) is 0 Å². The van der Waals surface area contributed by atoms with Crippen molar-refractivity contribution >= 4 is 6.21 Å². The first-order chi connectivity index (χ1) is 7.81. The molecule has 0 aromatic heterocycles. The molecule has 0 saturated carbocycles. The molecule has 1 aliphatic rings. The summed E-state index contributed by atoms with van der Waals surface area (Å²) in [5, 5.41) is 1.84. The Labute approximate surface area is 97.6 Å². The molecule has 0 spiro atoms. The predicted molar refractivity (Wildman–Crippen MR) is 49.7 cm³/mol. The highest BCUT2D eigenvalue weighted by atomic mass is 19.4. The number of hydrogen-bond acceptors (Lipinski definition) is 2. The van der Waals surface area contributed by atoms with Crippen molar-refractivity contribution in [3.8, 4) is 0 Å². The Kier molecular flexibility index (Phi) is 3.17. The van der Waals surface area contributed by atoms with Gasteiger partial charge in [-0.3, -0.25) is 4.99 Å². The molecule has 1 N–H and O–H groups in total. The average Bonchev–Trinajstić information content (AvgIpc) is 2.13. The summed E-state index contributed by atoms with van der Waals surface area (Å²) in [4.78, 5) is 3.60. The van der Waals surface area contributed by atoms with Crippen LogP contribution in [0.25, 0.3) is 0 Å². The Hall–Kier alpha value is -1.28. The van der Waals surface area contributed by atoms with E-state index in [1.807, 2.05) is 5.32 Å². The van der Waals surface area contributed by atoms with E-state index >= 15 is 0 Å². The summed E-state index contributed by atoms with van der Waals surface area (Å²) in [6.07, 6.45) is -5.20. The lowest BCUT2D eigenvalue weighted by atomic mass is 10.0. The molecular weight excluding hydrogens is 269 g/mol. The number of alkyl halides is 7. The molecule has 0 amide bonds. The Morgan fingerprint density at radius 1 is 1.06 bits per heavy atom. The number of nitrogens with one attached hydrogen (secondary N) is 1. The minimum absolute atomic E-state index is 0.394. The third-order valence-electron chi connectivity index (χ3n) is 2.17. The number of halogens is 7. The van der Waals surface area contributed by atoms with Crippen molar-refractivity contribution in [2.45, 2.75) is 37.5 Å². The Balaban J connectivity index is 3.16. The van der Waals surface area contributed by atoms with E-state index < -0.39 is 29.4 Å². The molecule has 1 aliphatic heterocycles. The molecule has 0 aromatic rings. The van der Waals surface area contributed by atoms with E-state index in [0.29, 0.717) is 6.08 Å². The highest BCUT2D eigenvalue weighted by Crippen LogP contribution is 2.49. The molecule has 1 heterocycles. The van der Waals surface area contributed by atoms with Gasteiger partial charge >= 0.3 is 18.0 Å². The molecule has 0 saturated heterocycles. The highest BCUT2D eigenvalue weighted by Gasteiger charge is 2.74. The second-order valence-corrected chi connectivity index (χ2v) is 4.19. The van der Waals surface area contributed by atoms with E-state index in [1.54, 1.807) is 0 Å². The fraction of sp³-hybridized carbons (Fsp3) is 0.667. The van der Waals surface area contributed by atoms with Crippen LogP contribution in [0.3, 0.4) is 0 Å². The minimum Gasteiger partial charge on any atom is -0.360 e. The van der Waals surface area contributed by atoms with Gasteiger partial charge in [0.25, 0.3) is 0 Å². The van der Waals surface area contributed by atoms with Crippen LogP contribution in [-0.2, 0) is 0 Å². The topological polar surface area (TPSA) is 24.4 Å². The summed E-state index contributed by atoms with van der Waals surface area (Å²) in [7, 11) is 0. The fourth-order valence-corrected chi connectivity index (χ4v) is 1.23. The van der Waals surface area contributed by atoms with Crippen molar-refractivity contribution < 1.29 is 30.7 Å². The van der Waals surface area contributed by atoms with E-state index in [0.717, 1.165) is 6.21 Å².